The molecule has 1 aromatic carbocycles. The van der Waals surface area contributed by atoms with Gasteiger partial charge in [0.1, 0.15) is 5.58 Å². The van der Waals surface area contributed by atoms with Crippen molar-refractivity contribution < 1.29 is 9.21 Å². The molecule has 1 fully saturated rings. The zero-order valence-corrected chi connectivity index (χ0v) is 17.7. The molecular formula is C21H21BrN2O3S. The Labute approximate surface area is 175 Å². The van der Waals surface area contributed by atoms with Crippen molar-refractivity contribution >= 4 is 44.1 Å². The molecule has 1 atom stereocenters. The minimum absolute atomic E-state index is 0.0409. The Morgan fingerprint density at radius 1 is 1.21 bits per heavy atom. The van der Waals surface area contributed by atoms with E-state index in [-0.39, 0.29) is 23.1 Å². The van der Waals surface area contributed by atoms with Crippen LogP contribution in [0.4, 0.5) is 0 Å². The molecule has 0 aliphatic carbocycles. The first kappa shape index (κ1) is 19.4. The number of fused-ring (bicyclic) bond motifs is 1. The van der Waals surface area contributed by atoms with Crippen molar-refractivity contribution in [2.45, 2.75) is 25.3 Å². The highest BCUT2D eigenvalue weighted by atomic mass is 79.9. The molecule has 5 nitrogen and oxygen atoms in total. The fourth-order valence-corrected chi connectivity index (χ4v) is 4.84. The van der Waals surface area contributed by atoms with Crippen LogP contribution < -0.4 is 10.7 Å². The monoisotopic (exact) mass is 460 g/mol. The lowest BCUT2D eigenvalue weighted by Crippen LogP contribution is -2.40. The van der Waals surface area contributed by atoms with Crippen molar-refractivity contribution in [3.63, 3.8) is 0 Å². The van der Waals surface area contributed by atoms with Gasteiger partial charge in [0.2, 0.25) is 0 Å². The molecule has 1 saturated heterocycles. The molecular weight excluding hydrogens is 440 g/mol. The van der Waals surface area contributed by atoms with Gasteiger partial charge in [-0.2, -0.15) is 0 Å². The van der Waals surface area contributed by atoms with E-state index >= 15 is 0 Å². The van der Waals surface area contributed by atoms with Gasteiger partial charge in [-0.25, -0.2) is 0 Å². The number of nitrogens with one attached hydrogen (secondary N) is 1. The van der Waals surface area contributed by atoms with Crippen LogP contribution in [-0.2, 0) is 0 Å². The van der Waals surface area contributed by atoms with E-state index < -0.39 is 0 Å². The van der Waals surface area contributed by atoms with Crippen LogP contribution in [0.15, 0.2) is 55.5 Å². The number of halogens is 1. The predicted octanol–water partition coefficient (Wildman–Crippen LogP) is 4.57. The van der Waals surface area contributed by atoms with Crippen molar-refractivity contribution in [3.05, 3.63) is 67.1 Å². The summed E-state index contributed by atoms with van der Waals surface area (Å²) in [5.74, 6) is -0.322. The van der Waals surface area contributed by atoms with Gasteiger partial charge in [-0.05, 0) is 55.6 Å². The number of carbonyl (C=O) groups is 1. The smallest absolute Gasteiger partial charge is 0.287 e. The van der Waals surface area contributed by atoms with Gasteiger partial charge in [0.25, 0.3) is 5.91 Å². The zero-order chi connectivity index (χ0) is 19.5. The van der Waals surface area contributed by atoms with Crippen molar-refractivity contribution in [1.82, 2.24) is 10.2 Å². The maximum atomic E-state index is 12.7. The summed E-state index contributed by atoms with van der Waals surface area (Å²) < 4.78 is 6.50. The second-order valence-electron chi connectivity index (χ2n) is 6.95. The molecule has 0 spiro atoms. The van der Waals surface area contributed by atoms with Crippen molar-refractivity contribution in [2.24, 2.45) is 0 Å². The Balaban J connectivity index is 1.53. The second kappa shape index (κ2) is 8.59. The van der Waals surface area contributed by atoms with Gasteiger partial charge in [0, 0.05) is 22.0 Å². The van der Waals surface area contributed by atoms with Gasteiger partial charge >= 0.3 is 0 Å². The van der Waals surface area contributed by atoms with Gasteiger partial charge in [0.05, 0.1) is 11.4 Å². The molecule has 2 aromatic heterocycles. The third-order valence-electron chi connectivity index (χ3n) is 5.07. The van der Waals surface area contributed by atoms with Crippen LogP contribution in [0.1, 0.15) is 40.7 Å². The summed E-state index contributed by atoms with van der Waals surface area (Å²) in [5.41, 5.74) is 0.183. The van der Waals surface area contributed by atoms with E-state index in [0.717, 1.165) is 17.6 Å². The third kappa shape index (κ3) is 4.21. The number of nitrogens with zero attached hydrogens (tertiary/aromatic N) is 1. The van der Waals surface area contributed by atoms with E-state index in [9.17, 15) is 9.59 Å². The Morgan fingerprint density at radius 2 is 2.04 bits per heavy atom. The van der Waals surface area contributed by atoms with Gasteiger partial charge in [-0.1, -0.05) is 28.4 Å². The summed E-state index contributed by atoms with van der Waals surface area (Å²) in [4.78, 5) is 28.7. The summed E-state index contributed by atoms with van der Waals surface area (Å²) in [6.07, 6.45) is 3.63. The fourth-order valence-electron chi connectivity index (χ4n) is 3.64. The minimum Gasteiger partial charge on any atom is -0.451 e. The fraction of sp³-hybridized carbons (Fsp3) is 0.333. The molecule has 146 valence electrons. The number of amides is 1. The zero-order valence-electron chi connectivity index (χ0n) is 15.3. The van der Waals surface area contributed by atoms with Crippen LogP contribution in [0.2, 0.25) is 0 Å². The number of likely N-dealkylation sites (tertiary alicyclic amines) is 1. The summed E-state index contributed by atoms with van der Waals surface area (Å²) in [7, 11) is 0. The largest absolute Gasteiger partial charge is 0.451 e. The number of rotatable bonds is 5. The number of carbonyl (C=O) groups excluding carboxylic acids is 1. The third-order valence-corrected chi connectivity index (χ3v) is 6.54. The highest BCUT2D eigenvalue weighted by molar-refractivity contribution is 9.10. The first-order valence-electron chi connectivity index (χ1n) is 9.41. The van der Waals surface area contributed by atoms with Crippen LogP contribution in [0.5, 0.6) is 0 Å². The lowest BCUT2D eigenvalue weighted by molar-refractivity contribution is 0.0899. The molecule has 1 aliphatic heterocycles. The number of hydrogen-bond acceptors (Lipinski definition) is 5. The molecule has 3 aromatic rings. The molecule has 0 unspecified atom stereocenters. The standard InChI is InChI=1S/C21H21BrN2O3S/c22-14-6-7-15-17(25)12-19(27-18(15)11-14)21(26)23-13-16(20-5-4-10-28-20)24-8-2-1-3-9-24/h4-7,10-12,16H,1-3,8-9,13H2,(H,23,26)/t16-/m1/s1. The average Bonchev–Trinajstić information content (AvgIpc) is 3.23. The number of benzene rings is 1. The van der Waals surface area contributed by atoms with Crippen molar-refractivity contribution in [1.29, 1.82) is 0 Å². The van der Waals surface area contributed by atoms with Crippen molar-refractivity contribution in [2.75, 3.05) is 19.6 Å². The first-order valence-corrected chi connectivity index (χ1v) is 11.1. The highest BCUT2D eigenvalue weighted by Crippen LogP contribution is 2.27. The maximum Gasteiger partial charge on any atom is 0.287 e. The normalized spacial score (nSPS) is 16.2. The first-order chi connectivity index (χ1) is 13.6. The molecule has 0 saturated carbocycles. The topological polar surface area (TPSA) is 62.6 Å². The maximum absolute atomic E-state index is 12.7. The van der Waals surface area contributed by atoms with Crippen LogP contribution in [0.3, 0.4) is 0 Å². The van der Waals surface area contributed by atoms with Crippen LogP contribution in [0, 0.1) is 0 Å². The molecule has 7 heteroatoms. The molecule has 28 heavy (non-hydrogen) atoms. The van der Waals surface area contributed by atoms with Gasteiger partial charge in [-0.3, -0.25) is 14.5 Å². The van der Waals surface area contributed by atoms with E-state index in [1.807, 2.05) is 6.07 Å². The summed E-state index contributed by atoms with van der Waals surface area (Å²) in [5, 5.41) is 5.50. The SMILES string of the molecule is O=C(NC[C@H](c1cccs1)N1CCCCC1)c1cc(=O)c2ccc(Br)cc2o1. The van der Waals surface area contributed by atoms with E-state index in [1.165, 1.54) is 30.2 Å². The Hall–Kier alpha value is -1.96. The quantitative estimate of drug-likeness (QED) is 0.605. The van der Waals surface area contributed by atoms with Crippen LogP contribution >= 0.6 is 27.3 Å². The summed E-state index contributed by atoms with van der Waals surface area (Å²) >= 11 is 5.07. The van der Waals surface area contributed by atoms with Crippen molar-refractivity contribution in [3.8, 4) is 0 Å². The van der Waals surface area contributed by atoms with Gasteiger partial charge in [-0.15, -0.1) is 11.3 Å². The molecule has 1 aliphatic rings. The molecule has 1 amide bonds. The number of piperidine rings is 1. The molecule has 0 radical (unpaired) electrons. The van der Waals surface area contributed by atoms with Crippen LogP contribution in [-0.4, -0.2) is 30.4 Å². The molecule has 1 N–H and O–H groups in total. The van der Waals surface area contributed by atoms with Gasteiger partial charge in [0.15, 0.2) is 11.2 Å². The van der Waals surface area contributed by atoms with E-state index in [0.29, 0.717) is 17.5 Å². The lowest BCUT2D eigenvalue weighted by atomic mass is 10.1. The molecule has 3 heterocycles. The molecule has 4 rings (SSSR count). The second-order valence-corrected chi connectivity index (χ2v) is 8.85. The van der Waals surface area contributed by atoms with E-state index in [4.69, 9.17) is 4.42 Å². The lowest BCUT2D eigenvalue weighted by Gasteiger charge is -2.34. The Kier molecular flexibility index (Phi) is 5.94. The highest BCUT2D eigenvalue weighted by Gasteiger charge is 2.24. The average molecular weight is 461 g/mol. The van der Waals surface area contributed by atoms with Gasteiger partial charge < -0.3 is 9.73 Å². The van der Waals surface area contributed by atoms with Crippen LogP contribution in [0.25, 0.3) is 11.0 Å². The number of thiophene rings is 1. The van der Waals surface area contributed by atoms with E-state index in [2.05, 4.69) is 37.6 Å². The molecule has 0 bridgehead atoms. The Bertz CT molecular complexity index is 1030. The minimum atomic E-state index is -0.363. The Morgan fingerprint density at radius 3 is 2.79 bits per heavy atom. The predicted molar refractivity (Wildman–Crippen MR) is 115 cm³/mol. The number of hydrogen-bond donors (Lipinski definition) is 1. The summed E-state index contributed by atoms with van der Waals surface area (Å²) in [6, 6.07) is 10.7. The van der Waals surface area contributed by atoms with E-state index in [1.54, 1.807) is 29.5 Å². The summed E-state index contributed by atoms with van der Waals surface area (Å²) in [6.45, 7) is 2.56.